The molecule has 8 heteroatoms. The Morgan fingerprint density at radius 1 is 1.22 bits per heavy atom. The molecule has 4 heterocycles. The zero-order valence-corrected chi connectivity index (χ0v) is 15.7. The van der Waals surface area contributed by atoms with Crippen molar-refractivity contribution in [1.29, 1.82) is 5.26 Å². The Balaban J connectivity index is 1.57. The van der Waals surface area contributed by atoms with Crippen LogP contribution in [0.4, 0.5) is 0 Å². The third kappa shape index (κ3) is 2.72. The molecule has 0 atom stereocenters. The van der Waals surface area contributed by atoms with Crippen LogP contribution in [0.15, 0.2) is 6.33 Å². The molecule has 0 unspecified atom stereocenters. The maximum absolute atomic E-state index is 13.1. The number of nitriles is 1. The second-order valence-corrected chi connectivity index (χ2v) is 7.78. The fourth-order valence-corrected chi connectivity index (χ4v) is 4.92. The van der Waals surface area contributed by atoms with Gasteiger partial charge >= 0.3 is 0 Å². The molecule has 3 aliphatic rings. The lowest BCUT2D eigenvalue weighted by molar-refractivity contribution is -0.149. The minimum Gasteiger partial charge on any atom is -0.381 e. The molecule has 1 spiro atoms. The quantitative estimate of drug-likeness (QED) is 0.792. The SMILES string of the molecule is CC(=O)N1CCc2[nH]cnc2C12CCN(C(=O)C1(C#N)CCOCC1)CC2. The molecule has 1 aromatic heterocycles. The van der Waals surface area contributed by atoms with Crippen molar-refractivity contribution in [2.75, 3.05) is 32.8 Å². The van der Waals surface area contributed by atoms with Crippen molar-refractivity contribution in [2.45, 2.75) is 44.6 Å². The third-order valence-electron chi connectivity index (χ3n) is 6.49. The molecular formula is C19H25N5O3. The van der Waals surface area contributed by atoms with E-state index in [0.29, 0.717) is 58.5 Å². The average molecular weight is 371 g/mol. The van der Waals surface area contributed by atoms with Crippen LogP contribution < -0.4 is 0 Å². The van der Waals surface area contributed by atoms with Crippen LogP contribution in [0.25, 0.3) is 0 Å². The van der Waals surface area contributed by atoms with E-state index in [1.165, 1.54) is 0 Å². The highest BCUT2D eigenvalue weighted by Crippen LogP contribution is 2.43. The van der Waals surface area contributed by atoms with Crippen molar-refractivity contribution < 1.29 is 14.3 Å². The fraction of sp³-hybridized carbons (Fsp3) is 0.684. The Labute approximate surface area is 158 Å². The molecule has 0 radical (unpaired) electrons. The number of carbonyl (C=O) groups excluding carboxylic acids is 2. The first-order valence-corrected chi connectivity index (χ1v) is 9.62. The van der Waals surface area contributed by atoms with E-state index in [2.05, 4.69) is 16.0 Å². The zero-order chi connectivity index (χ0) is 19.1. The molecule has 4 rings (SSSR count). The smallest absolute Gasteiger partial charge is 0.243 e. The van der Waals surface area contributed by atoms with Crippen LogP contribution in [-0.4, -0.2) is 64.4 Å². The number of hydrogen-bond acceptors (Lipinski definition) is 5. The van der Waals surface area contributed by atoms with E-state index < -0.39 is 11.0 Å². The number of H-pyrrole nitrogens is 1. The van der Waals surface area contributed by atoms with Crippen molar-refractivity contribution in [2.24, 2.45) is 5.41 Å². The first-order chi connectivity index (χ1) is 13.0. The van der Waals surface area contributed by atoms with Gasteiger partial charge in [-0.05, 0) is 25.7 Å². The van der Waals surface area contributed by atoms with Gasteiger partial charge in [0.15, 0.2) is 0 Å². The molecule has 0 aromatic carbocycles. The van der Waals surface area contributed by atoms with Gasteiger partial charge in [-0.25, -0.2) is 4.98 Å². The standard InChI is InChI=1S/C19H25N5O3/c1-14(25)24-7-2-15-16(22-13-21-15)19(24)3-8-23(9-4-19)17(26)18(12-20)5-10-27-11-6-18/h13H,2-11H2,1H3,(H,21,22). The summed E-state index contributed by atoms with van der Waals surface area (Å²) in [6, 6.07) is 2.27. The van der Waals surface area contributed by atoms with Gasteiger partial charge in [0.25, 0.3) is 0 Å². The lowest BCUT2D eigenvalue weighted by Crippen LogP contribution is -2.59. The first-order valence-electron chi connectivity index (χ1n) is 9.62. The molecule has 3 aliphatic heterocycles. The molecule has 1 aromatic rings. The van der Waals surface area contributed by atoms with E-state index in [1.807, 2.05) is 4.90 Å². The second kappa shape index (κ2) is 6.64. The zero-order valence-electron chi connectivity index (χ0n) is 15.7. The first kappa shape index (κ1) is 18.0. The van der Waals surface area contributed by atoms with Gasteiger partial charge in [-0.1, -0.05) is 0 Å². The maximum atomic E-state index is 13.1. The minimum atomic E-state index is -0.965. The minimum absolute atomic E-state index is 0.0429. The Hall–Kier alpha value is -2.40. The van der Waals surface area contributed by atoms with Gasteiger partial charge < -0.3 is 19.5 Å². The van der Waals surface area contributed by atoms with Gasteiger partial charge in [0, 0.05) is 51.9 Å². The number of carbonyl (C=O) groups is 2. The van der Waals surface area contributed by atoms with Gasteiger partial charge in [-0.15, -0.1) is 0 Å². The van der Waals surface area contributed by atoms with Crippen LogP contribution in [0.3, 0.4) is 0 Å². The number of amides is 2. The summed E-state index contributed by atoms with van der Waals surface area (Å²) in [5, 5.41) is 9.68. The molecule has 8 nitrogen and oxygen atoms in total. The monoisotopic (exact) mass is 371 g/mol. The van der Waals surface area contributed by atoms with Crippen LogP contribution >= 0.6 is 0 Å². The Bertz CT molecular complexity index is 782. The molecule has 2 fully saturated rings. The second-order valence-electron chi connectivity index (χ2n) is 7.78. The van der Waals surface area contributed by atoms with Crippen LogP contribution in [0.2, 0.25) is 0 Å². The van der Waals surface area contributed by atoms with Gasteiger partial charge in [-0.2, -0.15) is 5.26 Å². The molecule has 144 valence electrons. The highest BCUT2D eigenvalue weighted by Gasteiger charge is 2.50. The number of fused-ring (bicyclic) bond motifs is 2. The molecule has 27 heavy (non-hydrogen) atoms. The topological polar surface area (TPSA) is 102 Å². The molecule has 1 N–H and O–H groups in total. The lowest BCUT2D eigenvalue weighted by atomic mass is 9.76. The third-order valence-corrected chi connectivity index (χ3v) is 6.49. The number of nitrogens with zero attached hydrogens (tertiary/aromatic N) is 4. The highest BCUT2D eigenvalue weighted by molar-refractivity contribution is 5.86. The van der Waals surface area contributed by atoms with E-state index >= 15 is 0 Å². The summed E-state index contributed by atoms with van der Waals surface area (Å²) >= 11 is 0. The van der Waals surface area contributed by atoms with Crippen LogP contribution in [-0.2, 0) is 26.3 Å². The van der Waals surface area contributed by atoms with Crippen LogP contribution in [0.1, 0.15) is 44.0 Å². The Morgan fingerprint density at radius 3 is 2.56 bits per heavy atom. The lowest BCUT2D eigenvalue weighted by Gasteiger charge is -2.51. The summed E-state index contributed by atoms with van der Waals surface area (Å²) in [6.07, 6.45) is 4.67. The molecule has 2 amide bonds. The fourth-order valence-electron chi connectivity index (χ4n) is 4.92. The Kier molecular flexibility index (Phi) is 4.42. The van der Waals surface area contributed by atoms with E-state index in [1.54, 1.807) is 18.2 Å². The maximum Gasteiger partial charge on any atom is 0.243 e. The largest absolute Gasteiger partial charge is 0.381 e. The Morgan fingerprint density at radius 2 is 1.93 bits per heavy atom. The summed E-state index contributed by atoms with van der Waals surface area (Å²) in [5.41, 5.74) is 0.612. The summed E-state index contributed by atoms with van der Waals surface area (Å²) in [4.78, 5) is 36.9. The summed E-state index contributed by atoms with van der Waals surface area (Å²) in [5.74, 6) is -0.0445. The summed E-state index contributed by atoms with van der Waals surface area (Å²) in [7, 11) is 0. The van der Waals surface area contributed by atoms with Crippen molar-refractivity contribution in [1.82, 2.24) is 19.8 Å². The van der Waals surface area contributed by atoms with Crippen molar-refractivity contribution in [3.8, 4) is 6.07 Å². The van der Waals surface area contributed by atoms with Gasteiger partial charge in [0.1, 0.15) is 5.41 Å². The number of imidazole rings is 1. The van der Waals surface area contributed by atoms with Crippen molar-refractivity contribution in [3.63, 3.8) is 0 Å². The summed E-state index contributed by atoms with van der Waals surface area (Å²) < 4.78 is 5.35. The molecular weight excluding hydrogens is 346 g/mol. The van der Waals surface area contributed by atoms with Crippen LogP contribution in [0.5, 0.6) is 0 Å². The highest BCUT2D eigenvalue weighted by atomic mass is 16.5. The van der Waals surface area contributed by atoms with Gasteiger partial charge in [-0.3, -0.25) is 9.59 Å². The predicted octanol–water partition coefficient (Wildman–Crippen LogP) is 0.952. The number of likely N-dealkylation sites (tertiary alicyclic amines) is 1. The van der Waals surface area contributed by atoms with E-state index in [0.717, 1.165) is 17.8 Å². The number of aromatic nitrogens is 2. The average Bonchev–Trinajstić information content (AvgIpc) is 3.19. The normalized spacial score (nSPS) is 23.6. The number of ether oxygens (including phenoxy) is 1. The number of rotatable bonds is 1. The van der Waals surface area contributed by atoms with Crippen molar-refractivity contribution in [3.05, 3.63) is 17.7 Å². The number of piperidine rings is 1. The summed E-state index contributed by atoms with van der Waals surface area (Å²) in [6.45, 7) is 4.22. The van der Waals surface area contributed by atoms with Crippen molar-refractivity contribution >= 4 is 11.8 Å². The molecule has 0 aliphatic carbocycles. The van der Waals surface area contributed by atoms with Crippen LogP contribution in [0, 0.1) is 16.7 Å². The van der Waals surface area contributed by atoms with E-state index in [-0.39, 0.29) is 11.8 Å². The molecule has 0 saturated carbocycles. The number of nitrogens with one attached hydrogen (secondary N) is 1. The molecule has 2 saturated heterocycles. The number of hydrogen-bond donors (Lipinski definition) is 1. The molecule has 0 bridgehead atoms. The van der Waals surface area contributed by atoms with Gasteiger partial charge in [0.2, 0.25) is 11.8 Å². The van der Waals surface area contributed by atoms with E-state index in [4.69, 9.17) is 4.74 Å². The van der Waals surface area contributed by atoms with E-state index in [9.17, 15) is 14.9 Å². The predicted molar refractivity (Wildman–Crippen MR) is 95.3 cm³/mol. The number of aromatic amines is 1. The van der Waals surface area contributed by atoms with Gasteiger partial charge in [0.05, 0.1) is 23.6 Å².